The maximum Gasteiger partial charge on any atom is 0.326 e. The van der Waals surface area contributed by atoms with Crippen LogP contribution in [0.2, 0.25) is 0 Å². The SMILES string of the molecule is NC(N)=NCCCC(NC(=O)C(N)Cc1ccc(O)cc1)C(=O)NC(CCC(=O)O)C(=O)O. The number of nitrogens with one attached hydrogen (secondary N) is 2. The highest BCUT2D eigenvalue weighted by atomic mass is 16.4. The van der Waals surface area contributed by atoms with Crippen molar-refractivity contribution in [2.75, 3.05) is 6.54 Å². The van der Waals surface area contributed by atoms with Gasteiger partial charge in [-0.3, -0.25) is 19.4 Å². The summed E-state index contributed by atoms with van der Waals surface area (Å²) in [5.41, 5.74) is 17.1. The average Bonchev–Trinajstić information content (AvgIpc) is 2.73. The lowest BCUT2D eigenvalue weighted by molar-refractivity contribution is -0.143. The number of hydrogen-bond acceptors (Lipinski definition) is 7. The van der Waals surface area contributed by atoms with Crippen molar-refractivity contribution in [1.29, 1.82) is 0 Å². The first-order valence-electron chi connectivity index (χ1n) is 10.1. The van der Waals surface area contributed by atoms with E-state index in [9.17, 15) is 29.4 Å². The second-order valence-corrected chi connectivity index (χ2v) is 7.32. The van der Waals surface area contributed by atoms with Crippen molar-refractivity contribution in [2.24, 2.45) is 22.2 Å². The number of aromatic hydroxyl groups is 1. The number of aliphatic carboxylic acids is 2. The molecular weight excluding hydrogens is 436 g/mol. The summed E-state index contributed by atoms with van der Waals surface area (Å²) in [6.07, 6.45) is -0.297. The van der Waals surface area contributed by atoms with Crippen LogP contribution in [0.1, 0.15) is 31.2 Å². The summed E-state index contributed by atoms with van der Waals surface area (Å²) in [5, 5.41) is 32.1. The highest BCUT2D eigenvalue weighted by Gasteiger charge is 2.28. The van der Waals surface area contributed by atoms with Crippen LogP contribution in [0.4, 0.5) is 0 Å². The molecule has 0 heterocycles. The van der Waals surface area contributed by atoms with E-state index in [0.717, 1.165) is 0 Å². The quantitative estimate of drug-likeness (QED) is 0.0871. The molecule has 0 aliphatic heterocycles. The molecule has 0 radical (unpaired) electrons. The summed E-state index contributed by atoms with van der Waals surface area (Å²) in [4.78, 5) is 51.2. The van der Waals surface area contributed by atoms with Gasteiger partial charge in [-0.25, -0.2) is 4.79 Å². The van der Waals surface area contributed by atoms with Crippen LogP contribution in [-0.4, -0.2) is 69.7 Å². The largest absolute Gasteiger partial charge is 0.508 e. The molecule has 13 nitrogen and oxygen atoms in total. The number of aliphatic imine (C=N–C) groups is 1. The van der Waals surface area contributed by atoms with Gasteiger partial charge >= 0.3 is 11.9 Å². The van der Waals surface area contributed by atoms with E-state index in [1.54, 1.807) is 12.1 Å². The van der Waals surface area contributed by atoms with Gasteiger partial charge in [-0.05, 0) is 43.4 Å². The number of benzene rings is 1. The van der Waals surface area contributed by atoms with Gasteiger partial charge in [0.2, 0.25) is 11.8 Å². The second-order valence-electron chi connectivity index (χ2n) is 7.32. The molecule has 0 saturated heterocycles. The highest BCUT2D eigenvalue weighted by molar-refractivity contribution is 5.92. The number of guanidine groups is 1. The zero-order valence-electron chi connectivity index (χ0n) is 17.9. The summed E-state index contributed by atoms with van der Waals surface area (Å²) < 4.78 is 0. The van der Waals surface area contributed by atoms with Crippen LogP contribution in [0.5, 0.6) is 5.75 Å². The van der Waals surface area contributed by atoms with E-state index < -0.39 is 48.3 Å². The number of nitrogens with zero attached hydrogens (tertiary/aromatic N) is 1. The molecule has 0 aliphatic rings. The molecule has 2 amide bonds. The van der Waals surface area contributed by atoms with Crippen LogP contribution in [0, 0.1) is 0 Å². The maximum absolute atomic E-state index is 12.7. The number of carboxylic acids is 2. The Morgan fingerprint density at radius 3 is 2.09 bits per heavy atom. The predicted molar refractivity (Wildman–Crippen MR) is 118 cm³/mol. The topological polar surface area (TPSA) is 243 Å². The predicted octanol–water partition coefficient (Wildman–Crippen LogP) is -1.77. The van der Waals surface area contributed by atoms with Crippen molar-refractivity contribution in [3.8, 4) is 5.75 Å². The Kier molecular flexibility index (Phi) is 11.1. The Morgan fingerprint density at radius 2 is 1.55 bits per heavy atom. The van der Waals surface area contributed by atoms with Crippen molar-refractivity contribution < 1.29 is 34.5 Å². The Hall–Kier alpha value is -3.87. The summed E-state index contributed by atoms with van der Waals surface area (Å²) >= 11 is 0. The number of rotatable bonds is 14. The van der Waals surface area contributed by atoms with Crippen molar-refractivity contribution in [3.63, 3.8) is 0 Å². The van der Waals surface area contributed by atoms with Crippen LogP contribution in [0.25, 0.3) is 0 Å². The van der Waals surface area contributed by atoms with E-state index in [0.29, 0.717) is 5.56 Å². The number of carbonyl (C=O) groups excluding carboxylic acids is 2. The van der Waals surface area contributed by atoms with Crippen LogP contribution in [0.3, 0.4) is 0 Å². The van der Waals surface area contributed by atoms with Gasteiger partial charge in [0.15, 0.2) is 5.96 Å². The number of phenolic OH excluding ortho intramolecular Hbond substituents is 1. The molecule has 0 aliphatic carbocycles. The van der Waals surface area contributed by atoms with Gasteiger partial charge in [-0.1, -0.05) is 12.1 Å². The van der Waals surface area contributed by atoms with Crippen molar-refractivity contribution in [2.45, 2.75) is 50.2 Å². The molecule has 11 N–H and O–H groups in total. The summed E-state index contributed by atoms with van der Waals surface area (Å²) in [5.74, 6) is -4.15. The molecule has 0 saturated carbocycles. The first kappa shape index (κ1) is 27.2. The van der Waals surface area contributed by atoms with Crippen molar-refractivity contribution >= 4 is 29.7 Å². The van der Waals surface area contributed by atoms with E-state index >= 15 is 0 Å². The maximum atomic E-state index is 12.7. The Bertz CT molecular complexity index is 855. The molecule has 1 rings (SSSR count). The van der Waals surface area contributed by atoms with Crippen LogP contribution in [0.15, 0.2) is 29.3 Å². The normalized spacial score (nSPS) is 13.2. The lowest BCUT2D eigenvalue weighted by Crippen LogP contribution is -2.54. The molecule has 3 unspecified atom stereocenters. The highest BCUT2D eigenvalue weighted by Crippen LogP contribution is 2.11. The molecule has 0 aromatic heterocycles. The molecule has 0 spiro atoms. The van der Waals surface area contributed by atoms with Crippen LogP contribution >= 0.6 is 0 Å². The van der Waals surface area contributed by atoms with Gasteiger partial charge in [0, 0.05) is 13.0 Å². The van der Waals surface area contributed by atoms with Gasteiger partial charge in [-0.15, -0.1) is 0 Å². The van der Waals surface area contributed by atoms with E-state index in [-0.39, 0.29) is 43.9 Å². The lowest BCUT2D eigenvalue weighted by Gasteiger charge is -2.22. The van der Waals surface area contributed by atoms with Crippen LogP contribution in [-0.2, 0) is 25.6 Å². The van der Waals surface area contributed by atoms with E-state index in [1.807, 2.05) is 0 Å². The number of carboxylic acid groups (broad SMARTS) is 2. The Balaban J connectivity index is 2.85. The summed E-state index contributed by atoms with van der Waals surface area (Å²) in [6, 6.07) is 2.47. The first-order chi connectivity index (χ1) is 15.5. The number of hydrogen-bond donors (Lipinski definition) is 8. The zero-order chi connectivity index (χ0) is 25.0. The molecule has 0 fully saturated rings. The Labute approximate surface area is 190 Å². The third-order valence-corrected chi connectivity index (χ3v) is 4.57. The minimum Gasteiger partial charge on any atom is -0.508 e. The fraction of sp³-hybridized carbons (Fsp3) is 0.450. The zero-order valence-corrected chi connectivity index (χ0v) is 17.9. The number of phenols is 1. The van der Waals surface area contributed by atoms with E-state index in [1.165, 1.54) is 12.1 Å². The number of carbonyl (C=O) groups is 4. The van der Waals surface area contributed by atoms with Gasteiger partial charge < -0.3 is 43.2 Å². The molecular formula is C20H30N6O7. The minimum atomic E-state index is -1.45. The fourth-order valence-corrected chi connectivity index (χ4v) is 2.83. The van der Waals surface area contributed by atoms with Gasteiger partial charge in [0.25, 0.3) is 0 Å². The number of nitrogens with two attached hydrogens (primary N) is 3. The fourth-order valence-electron chi connectivity index (χ4n) is 2.83. The number of amides is 2. The van der Waals surface area contributed by atoms with Gasteiger partial charge in [0.1, 0.15) is 17.8 Å². The Morgan fingerprint density at radius 1 is 0.939 bits per heavy atom. The molecule has 3 atom stereocenters. The van der Waals surface area contributed by atoms with Crippen LogP contribution < -0.4 is 27.8 Å². The van der Waals surface area contributed by atoms with E-state index in [4.69, 9.17) is 22.3 Å². The van der Waals surface area contributed by atoms with Crippen molar-refractivity contribution in [1.82, 2.24) is 10.6 Å². The second kappa shape index (κ2) is 13.5. The first-order valence-corrected chi connectivity index (χ1v) is 10.1. The molecule has 13 heteroatoms. The molecule has 1 aromatic carbocycles. The average molecular weight is 466 g/mol. The summed E-state index contributed by atoms with van der Waals surface area (Å²) in [7, 11) is 0. The molecule has 182 valence electrons. The third kappa shape index (κ3) is 10.8. The summed E-state index contributed by atoms with van der Waals surface area (Å²) in [6.45, 7) is 0.170. The van der Waals surface area contributed by atoms with Gasteiger partial charge in [-0.2, -0.15) is 0 Å². The van der Waals surface area contributed by atoms with Gasteiger partial charge in [0.05, 0.1) is 6.04 Å². The third-order valence-electron chi connectivity index (χ3n) is 4.57. The monoisotopic (exact) mass is 466 g/mol. The van der Waals surface area contributed by atoms with E-state index in [2.05, 4.69) is 15.6 Å². The molecule has 33 heavy (non-hydrogen) atoms. The molecule has 1 aromatic rings. The van der Waals surface area contributed by atoms with Crippen molar-refractivity contribution in [3.05, 3.63) is 29.8 Å². The minimum absolute atomic E-state index is 0.0603. The molecule has 0 bridgehead atoms. The standard InChI is InChI=1S/C20H30N6O7/c21-13(10-11-3-5-12(27)6-4-11)17(30)25-14(2-1-9-24-20(22)23)18(31)26-15(19(32)33)7-8-16(28)29/h3-6,13-15,27H,1-2,7-10,21H2,(H,25,30)(H,26,31)(H,28,29)(H,32,33)(H4,22,23,24). The lowest BCUT2D eigenvalue weighted by atomic mass is 10.0. The smallest absolute Gasteiger partial charge is 0.326 e.